The van der Waals surface area contributed by atoms with Crippen LogP contribution in [0.15, 0.2) is 39.8 Å². The molecule has 1 aromatic carbocycles. The third-order valence-electron chi connectivity index (χ3n) is 3.81. The standard InChI is InChI=1S/C19H28N4O3S.HI/c1-5-20-19(22-12-17-10-18(14(2)3)23-26-17)21-11-15-6-8-16(9-7-15)13-27(4,24)25;/h6-10,14H,5,11-13H2,1-4H3,(H2,20,21,22);1H. The van der Waals surface area contributed by atoms with E-state index in [1.165, 1.54) is 6.26 Å². The molecule has 0 aliphatic carbocycles. The molecule has 156 valence electrons. The van der Waals surface area contributed by atoms with Crippen molar-refractivity contribution in [2.24, 2.45) is 4.99 Å². The Kier molecular flexibility index (Phi) is 9.94. The summed E-state index contributed by atoms with van der Waals surface area (Å²) in [5, 5.41) is 10.5. The highest BCUT2D eigenvalue weighted by Gasteiger charge is 2.08. The van der Waals surface area contributed by atoms with E-state index in [9.17, 15) is 8.42 Å². The first-order valence-electron chi connectivity index (χ1n) is 9.00. The van der Waals surface area contributed by atoms with Crippen molar-refractivity contribution in [1.29, 1.82) is 0 Å². The molecule has 9 heteroatoms. The van der Waals surface area contributed by atoms with Gasteiger partial charge in [-0.15, -0.1) is 24.0 Å². The monoisotopic (exact) mass is 520 g/mol. The second kappa shape index (κ2) is 11.4. The minimum absolute atomic E-state index is 0. The summed E-state index contributed by atoms with van der Waals surface area (Å²) in [6.07, 6.45) is 1.23. The lowest BCUT2D eigenvalue weighted by molar-refractivity contribution is 0.372. The molecule has 0 fully saturated rings. The number of aromatic nitrogens is 1. The Morgan fingerprint density at radius 3 is 2.36 bits per heavy atom. The molecule has 1 heterocycles. The quantitative estimate of drug-likeness (QED) is 0.315. The number of halogens is 1. The van der Waals surface area contributed by atoms with Crippen molar-refractivity contribution in [3.63, 3.8) is 0 Å². The fraction of sp³-hybridized carbons (Fsp3) is 0.474. The molecule has 0 bridgehead atoms. The summed E-state index contributed by atoms with van der Waals surface area (Å²) in [6.45, 7) is 7.87. The van der Waals surface area contributed by atoms with Crippen LogP contribution in [0.5, 0.6) is 0 Å². The summed E-state index contributed by atoms with van der Waals surface area (Å²) in [7, 11) is -3.02. The van der Waals surface area contributed by atoms with E-state index in [1.807, 2.05) is 37.3 Å². The molecule has 0 aliphatic rings. The third kappa shape index (κ3) is 8.59. The Morgan fingerprint density at radius 2 is 1.82 bits per heavy atom. The highest BCUT2D eigenvalue weighted by Crippen LogP contribution is 2.13. The van der Waals surface area contributed by atoms with E-state index in [0.29, 0.717) is 25.0 Å². The van der Waals surface area contributed by atoms with Crippen molar-refractivity contribution in [3.05, 3.63) is 52.9 Å². The third-order valence-corrected chi connectivity index (χ3v) is 4.67. The van der Waals surface area contributed by atoms with Crippen LogP contribution in [0.4, 0.5) is 0 Å². The van der Waals surface area contributed by atoms with E-state index in [-0.39, 0.29) is 29.7 Å². The number of guanidine groups is 1. The molecule has 2 N–H and O–H groups in total. The van der Waals surface area contributed by atoms with Crippen molar-refractivity contribution in [1.82, 2.24) is 15.8 Å². The zero-order valence-electron chi connectivity index (χ0n) is 16.7. The zero-order chi connectivity index (χ0) is 19.9. The molecule has 2 aromatic rings. The second-order valence-corrected chi connectivity index (χ2v) is 8.95. The molecular formula is C19H29IN4O3S. The molecule has 0 saturated heterocycles. The fourth-order valence-electron chi connectivity index (χ4n) is 2.41. The van der Waals surface area contributed by atoms with E-state index >= 15 is 0 Å². The Morgan fingerprint density at radius 1 is 1.18 bits per heavy atom. The molecule has 0 spiro atoms. The highest BCUT2D eigenvalue weighted by atomic mass is 127. The van der Waals surface area contributed by atoms with Gasteiger partial charge in [0.05, 0.1) is 24.5 Å². The molecule has 2 rings (SSSR count). The minimum atomic E-state index is -3.02. The second-order valence-electron chi connectivity index (χ2n) is 6.81. The van der Waals surface area contributed by atoms with E-state index in [2.05, 4.69) is 34.6 Å². The van der Waals surface area contributed by atoms with E-state index in [1.54, 1.807) is 0 Å². The number of sulfone groups is 1. The van der Waals surface area contributed by atoms with Gasteiger partial charge in [0.25, 0.3) is 0 Å². The highest BCUT2D eigenvalue weighted by molar-refractivity contribution is 14.0. The number of benzene rings is 1. The smallest absolute Gasteiger partial charge is 0.191 e. The number of aliphatic imine (C=N–C) groups is 1. The largest absolute Gasteiger partial charge is 0.359 e. The predicted molar refractivity (Wildman–Crippen MR) is 123 cm³/mol. The van der Waals surface area contributed by atoms with Gasteiger partial charge in [0.1, 0.15) is 0 Å². The van der Waals surface area contributed by atoms with Crippen molar-refractivity contribution >= 4 is 39.8 Å². The summed E-state index contributed by atoms with van der Waals surface area (Å²) >= 11 is 0. The van der Waals surface area contributed by atoms with E-state index in [0.717, 1.165) is 29.1 Å². The first-order chi connectivity index (χ1) is 12.8. The fourth-order valence-corrected chi connectivity index (χ4v) is 3.21. The van der Waals surface area contributed by atoms with Crippen molar-refractivity contribution in [2.75, 3.05) is 12.8 Å². The van der Waals surface area contributed by atoms with Crippen LogP contribution in [0.1, 0.15) is 49.3 Å². The molecule has 0 atom stereocenters. The van der Waals surface area contributed by atoms with Gasteiger partial charge in [-0.2, -0.15) is 0 Å². The maximum atomic E-state index is 11.3. The number of nitrogens with zero attached hydrogens (tertiary/aromatic N) is 2. The number of hydrogen-bond acceptors (Lipinski definition) is 5. The van der Waals surface area contributed by atoms with E-state index < -0.39 is 9.84 Å². The Balaban J connectivity index is 0.00000392. The van der Waals surface area contributed by atoms with Gasteiger partial charge in [-0.05, 0) is 24.0 Å². The molecule has 1 aromatic heterocycles. The van der Waals surface area contributed by atoms with Gasteiger partial charge in [0.2, 0.25) is 0 Å². The van der Waals surface area contributed by atoms with Crippen LogP contribution in [0.2, 0.25) is 0 Å². The normalized spacial score (nSPS) is 12.0. The van der Waals surface area contributed by atoms with Gasteiger partial charge < -0.3 is 15.2 Å². The lowest BCUT2D eigenvalue weighted by atomic mass is 10.1. The molecule has 28 heavy (non-hydrogen) atoms. The average molecular weight is 520 g/mol. The lowest BCUT2D eigenvalue weighted by Crippen LogP contribution is -2.36. The van der Waals surface area contributed by atoms with Gasteiger partial charge in [-0.25, -0.2) is 13.4 Å². The van der Waals surface area contributed by atoms with Gasteiger partial charge in [0.15, 0.2) is 21.6 Å². The van der Waals surface area contributed by atoms with Crippen LogP contribution in [-0.2, 0) is 28.7 Å². The molecule has 0 amide bonds. The lowest BCUT2D eigenvalue weighted by Gasteiger charge is -2.10. The SMILES string of the molecule is CCNC(=NCc1ccc(CS(C)(=O)=O)cc1)NCc1cc(C(C)C)no1.I. The van der Waals surface area contributed by atoms with Crippen LogP contribution in [0, 0.1) is 0 Å². The van der Waals surface area contributed by atoms with Gasteiger partial charge in [-0.3, -0.25) is 0 Å². The number of nitrogens with one attached hydrogen (secondary N) is 2. The molecule has 0 unspecified atom stereocenters. The number of rotatable bonds is 8. The summed E-state index contributed by atoms with van der Waals surface area (Å²) < 4.78 is 28.0. The molecule has 7 nitrogen and oxygen atoms in total. The average Bonchev–Trinajstić information content (AvgIpc) is 3.06. The van der Waals surface area contributed by atoms with Crippen molar-refractivity contribution in [2.45, 2.75) is 45.5 Å². The van der Waals surface area contributed by atoms with Crippen molar-refractivity contribution in [3.8, 4) is 0 Å². The first-order valence-corrected chi connectivity index (χ1v) is 11.1. The topological polar surface area (TPSA) is 96.6 Å². The summed E-state index contributed by atoms with van der Waals surface area (Å²) in [5.74, 6) is 1.82. The molecule has 0 saturated carbocycles. The predicted octanol–water partition coefficient (Wildman–Crippen LogP) is 3.22. The summed E-state index contributed by atoms with van der Waals surface area (Å²) in [4.78, 5) is 4.56. The Hall–Kier alpha value is -1.62. The van der Waals surface area contributed by atoms with Crippen LogP contribution in [0.25, 0.3) is 0 Å². The molecule has 0 aliphatic heterocycles. The Bertz CT molecular complexity index is 862. The molecule has 0 radical (unpaired) electrons. The van der Waals surface area contributed by atoms with Crippen molar-refractivity contribution < 1.29 is 12.9 Å². The van der Waals surface area contributed by atoms with Gasteiger partial charge >= 0.3 is 0 Å². The maximum Gasteiger partial charge on any atom is 0.191 e. The zero-order valence-corrected chi connectivity index (χ0v) is 19.9. The van der Waals surface area contributed by atoms with Gasteiger partial charge in [0, 0.05) is 18.9 Å². The molecular weight excluding hydrogens is 491 g/mol. The van der Waals surface area contributed by atoms with E-state index in [4.69, 9.17) is 4.52 Å². The minimum Gasteiger partial charge on any atom is -0.359 e. The van der Waals surface area contributed by atoms with Crippen LogP contribution in [-0.4, -0.2) is 32.3 Å². The summed E-state index contributed by atoms with van der Waals surface area (Å²) in [6, 6.07) is 9.40. The number of hydrogen-bond donors (Lipinski definition) is 2. The van der Waals surface area contributed by atoms with Gasteiger partial charge in [-0.1, -0.05) is 43.3 Å². The van der Waals surface area contributed by atoms with Crippen LogP contribution < -0.4 is 10.6 Å². The maximum absolute atomic E-state index is 11.3. The van der Waals surface area contributed by atoms with Crippen LogP contribution >= 0.6 is 24.0 Å². The summed E-state index contributed by atoms with van der Waals surface area (Å²) in [5.41, 5.74) is 2.72. The first kappa shape index (κ1) is 24.4. The Labute approximate surface area is 184 Å². The van der Waals surface area contributed by atoms with Crippen LogP contribution in [0.3, 0.4) is 0 Å².